The molecular weight excluding hydrogens is 260 g/mol. The highest BCUT2D eigenvalue weighted by molar-refractivity contribution is 5.27. The third kappa shape index (κ3) is 3.78. The van der Waals surface area contributed by atoms with Crippen LogP contribution < -0.4 is 10.1 Å². The lowest BCUT2D eigenvalue weighted by Gasteiger charge is -2.09. The van der Waals surface area contributed by atoms with Crippen LogP contribution in [0.4, 0.5) is 8.78 Å². The topological polar surface area (TPSA) is 21.3 Å². The van der Waals surface area contributed by atoms with Crippen molar-refractivity contribution in [3.8, 4) is 5.75 Å². The highest BCUT2D eigenvalue weighted by Crippen LogP contribution is 2.20. The molecule has 0 aliphatic carbocycles. The van der Waals surface area contributed by atoms with Gasteiger partial charge in [0.05, 0.1) is 0 Å². The number of ether oxygens (including phenoxy) is 1. The third-order valence-corrected chi connectivity index (χ3v) is 2.88. The van der Waals surface area contributed by atoms with Gasteiger partial charge >= 0.3 is 0 Å². The Kier molecular flexibility index (Phi) is 5.07. The molecule has 0 aliphatic rings. The second kappa shape index (κ2) is 7.01. The molecule has 2 rings (SSSR count). The molecule has 0 saturated carbocycles. The van der Waals surface area contributed by atoms with Crippen molar-refractivity contribution >= 4 is 0 Å². The number of benzene rings is 2. The van der Waals surface area contributed by atoms with Crippen LogP contribution in [0.15, 0.2) is 42.5 Å². The minimum absolute atomic E-state index is 0.0675. The lowest BCUT2D eigenvalue weighted by Crippen LogP contribution is -2.11. The lowest BCUT2D eigenvalue weighted by atomic mass is 10.1. The average Bonchev–Trinajstić information content (AvgIpc) is 2.47. The highest BCUT2D eigenvalue weighted by Gasteiger charge is 2.08. The van der Waals surface area contributed by atoms with Gasteiger partial charge < -0.3 is 10.1 Å². The van der Waals surface area contributed by atoms with Gasteiger partial charge in [-0.15, -0.1) is 0 Å². The first kappa shape index (κ1) is 14.5. The Morgan fingerprint density at radius 1 is 1.05 bits per heavy atom. The molecule has 0 heterocycles. The molecule has 0 aromatic heterocycles. The van der Waals surface area contributed by atoms with Gasteiger partial charge in [-0.05, 0) is 29.8 Å². The van der Waals surface area contributed by atoms with Gasteiger partial charge in [0.25, 0.3) is 0 Å². The van der Waals surface area contributed by atoms with Crippen LogP contribution in [0, 0.1) is 11.6 Å². The van der Waals surface area contributed by atoms with Gasteiger partial charge in [0, 0.05) is 6.54 Å². The molecule has 0 saturated heterocycles. The van der Waals surface area contributed by atoms with Gasteiger partial charge in [-0.1, -0.05) is 37.3 Å². The fourth-order valence-corrected chi connectivity index (χ4v) is 1.86. The first-order valence-electron chi connectivity index (χ1n) is 6.56. The largest absolute Gasteiger partial charge is 0.486 e. The molecule has 20 heavy (non-hydrogen) atoms. The van der Waals surface area contributed by atoms with E-state index in [0.717, 1.165) is 30.3 Å². The lowest BCUT2D eigenvalue weighted by molar-refractivity contribution is 0.284. The minimum atomic E-state index is -0.948. The number of nitrogens with one attached hydrogen (secondary N) is 1. The summed E-state index contributed by atoms with van der Waals surface area (Å²) in [4.78, 5) is 0. The highest BCUT2D eigenvalue weighted by atomic mass is 19.2. The normalized spacial score (nSPS) is 10.6. The fraction of sp³-hybridized carbons (Fsp3) is 0.250. The molecule has 4 heteroatoms. The second-order valence-electron chi connectivity index (χ2n) is 4.44. The van der Waals surface area contributed by atoms with Crippen LogP contribution in [-0.4, -0.2) is 6.54 Å². The van der Waals surface area contributed by atoms with Crippen LogP contribution in [0.2, 0.25) is 0 Å². The van der Waals surface area contributed by atoms with Crippen LogP contribution in [0.3, 0.4) is 0 Å². The summed E-state index contributed by atoms with van der Waals surface area (Å²) in [5.74, 6) is -1.92. The summed E-state index contributed by atoms with van der Waals surface area (Å²) in [5, 5.41) is 3.23. The van der Waals surface area contributed by atoms with E-state index in [9.17, 15) is 8.78 Å². The summed E-state index contributed by atoms with van der Waals surface area (Å²) in [5.41, 5.74) is 2.05. The van der Waals surface area contributed by atoms with E-state index < -0.39 is 11.6 Å². The molecule has 0 atom stereocenters. The molecule has 0 aliphatic heterocycles. The summed E-state index contributed by atoms with van der Waals surface area (Å²) < 4.78 is 31.8. The predicted octanol–water partition coefficient (Wildman–Crippen LogP) is 3.65. The molecule has 0 spiro atoms. The summed E-state index contributed by atoms with van der Waals surface area (Å²) in [6, 6.07) is 11.7. The Bertz CT molecular complexity index is 572. The smallest absolute Gasteiger partial charge is 0.200 e. The molecule has 0 unspecified atom stereocenters. The van der Waals surface area contributed by atoms with E-state index in [1.807, 2.05) is 31.2 Å². The van der Waals surface area contributed by atoms with Gasteiger partial charge in [0.1, 0.15) is 6.61 Å². The van der Waals surface area contributed by atoms with Crippen LogP contribution >= 0.6 is 0 Å². The van der Waals surface area contributed by atoms with Gasteiger partial charge in [-0.3, -0.25) is 0 Å². The van der Waals surface area contributed by atoms with E-state index in [1.54, 1.807) is 0 Å². The molecular formula is C16H17F2NO. The molecule has 0 bridgehead atoms. The number of hydrogen-bond acceptors (Lipinski definition) is 2. The summed E-state index contributed by atoms with van der Waals surface area (Å²) in [6.07, 6.45) is 0. The third-order valence-electron chi connectivity index (χ3n) is 2.88. The Hall–Kier alpha value is -1.94. The zero-order chi connectivity index (χ0) is 14.4. The molecule has 106 valence electrons. The van der Waals surface area contributed by atoms with E-state index in [-0.39, 0.29) is 12.4 Å². The van der Waals surface area contributed by atoms with Crippen molar-refractivity contribution in [3.63, 3.8) is 0 Å². The number of halogens is 2. The van der Waals surface area contributed by atoms with Crippen molar-refractivity contribution in [1.29, 1.82) is 0 Å². The number of hydrogen-bond donors (Lipinski definition) is 1. The van der Waals surface area contributed by atoms with Gasteiger partial charge in [-0.25, -0.2) is 4.39 Å². The summed E-state index contributed by atoms with van der Waals surface area (Å²) in [6.45, 7) is 3.92. The maximum absolute atomic E-state index is 13.4. The van der Waals surface area contributed by atoms with Crippen molar-refractivity contribution in [2.24, 2.45) is 0 Å². The van der Waals surface area contributed by atoms with Crippen LogP contribution in [0.25, 0.3) is 0 Å². The van der Waals surface area contributed by atoms with Crippen LogP contribution in [-0.2, 0) is 13.2 Å². The van der Waals surface area contributed by atoms with E-state index in [4.69, 9.17) is 4.74 Å². The summed E-state index contributed by atoms with van der Waals surface area (Å²) in [7, 11) is 0. The maximum atomic E-state index is 13.4. The fourth-order valence-electron chi connectivity index (χ4n) is 1.86. The van der Waals surface area contributed by atoms with Crippen molar-refractivity contribution in [2.75, 3.05) is 6.54 Å². The maximum Gasteiger partial charge on any atom is 0.200 e. The monoisotopic (exact) mass is 277 g/mol. The SMILES string of the molecule is CCNCc1cccc(COc2cccc(F)c2F)c1. The standard InChI is InChI=1S/C16H17F2NO/c1-2-19-10-12-5-3-6-13(9-12)11-20-15-8-4-7-14(17)16(15)18/h3-9,19H,2,10-11H2,1H3. The Morgan fingerprint density at radius 2 is 1.80 bits per heavy atom. The minimum Gasteiger partial charge on any atom is -0.486 e. The summed E-state index contributed by atoms with van der Waals surface area (Å²) >= 11 is 0. The first-order chi connectivity index (χ1) is 9.70. The zero-order valence-corrected chi connectivity index (χ0v) is 11.3. The van der Waals surface area contributed by atoms with Crippen LogP contribution in [0.1, 0.15) is 18.1 Å². The first-order valence-corrected chi connectivity index (χ1v) is 6.56. The second-order valence-corrected chi connectivity index (χ2v) is 4.44. The van der Waals surface area contributed by atoms with E-state index in [0.29, 0.717) is 0 Å². The number of rotatable bonds is 6. The van der Waals surface area contributed by atoms with E-state index >= 15 is 0 Å². The molecule has 2 nitrogen and oxygen atoms in total. The molecule has 0 fully saturated rings. The Balaban J connectivity index is 2.01. The van der Waals surface area contributed by atoms with Crippen molar-refractivity contribution < 1.29 is 13.5 Å². The predicted molar refractivity (Wildman–Crippen MR) is 74.5 cm³/mol. The Morgan fingerprint density at radius 3 is 2.60 bits per heavy atom. The molecule has 2 aromatic rings. The van der Waals surface area contributed by atoms with Gasteiger partial charge in [-0.2, -0.15) is 4.39 Å². The zero-order valence-electron chi connectivity index (χ0n) is 11.3. The Labute approximate surface area is 117 Å². The molecule has 2 aromatic carbocycles. The van der Waals surface area contributed by atoms with Crippen molar-refractivity contribution in [2.45, 2.75) is 20.1 Å². The van der Waals surface area contributed by atoms with Crippen molar-refractivity contribution in [1.82, 2.24) is 5.32 Å². The van der Waals surface area contributed by atoms with Gasteiger partial charge in [0.2, 0.25) is 5.82 Å². The van der Waals surface area contributed by atoms with E-state index in [1.165, 1.54) is 12.1 Å². The van der Waals surface area contributed by atoms with Gasteiger partial charge in [0.15, 0.2) is 11.6 Å². The quantitative estimate of drug-likeness (QED) is 0.870. The molecule has 0 radical (unpaired) electrons. The van der Waals surface area contributed by atoms with Crippen LogP contribution in [0.5, 0.6) is 5.75 Å². The molecule has 0 amide bonds. The average molecular weight is 277 g/mol. The van der Waals surface area contributed by atoms with Crippen molar-refractivity contribution in [3.05, 3.63) is 65.2 Å². The molecule has 1 N–H and O–H groups in total. The van der Waals surface area contributed by atoms with E-state index in [2.05, 4.69) is 5.32 Å².